The third-order valence-corrected chi connectivity index (χ3v) is 4.92. The van der Waals surface area contributed by atoms with Gasteiger partial charge in [-0.15, -0.1) is 0 Å². The molecule has 3 rings (SSSR count). The molecule has 2 aromatic rings. The van der Waals surface area contributed by atoms with Crippen LogP contribution in [-0.2, 0) is 11.3 Å². The lowest BCUT2D eigenvalue weighted by molar-refractivity contribution is -0.141. The van der Waals surface area contributed by atoms with Crippen molar-refractivity contribution < 1.29 is 23.8 Å². The van der Waals surface area contributed by atoms with Gasteiger partial charge in [-0.1, -0.05) is 18.2 Å². The van der Waals surface area contributed by atoms with Gasteiger partial charge in [0.15, 0.2) is 11.5 Å². The number of carbonyl (C=O) groups is 1. The van der Waals surface area contributed by atoms with Gasteiger partial charge in [-0.3, -0.25) is 9.69 Å². The van der Waals surface area contributed by atoms with Crippen molar-refractivity contribution in [1.29, 1.82) is 0 Å². The van der Waals surface area contributed by atoms with Crippen molar-refractivity contribution in [3.05, 3.63) is 59.4 Å². The van der Waals surface area contributed by atoms with Crippen LogP contribution in [0.15, 0.2) is 42.5 Å². The first kappa shape index (κ1) is 19.2. The summed E-state index contributed by atoms with van der Waals surface area (Å²) in [7, 11) is 1.60. The average Bonchev–Trinajstić information content (AvgIpc) is 3.07. The lowest BCUT2D eigenvalue weighted by atomic mass is 9.89. The average molecular weight is 373 g/mol. The fourth-order valence-corrected chi connectivity index (χ4v) is 3.68. The Kier molecular flexibility index (Phi) is 5.96. The van der Waals surface area contributed by atoms with Gasteiger partial charge in [-0.2, -0.15) is 0 Å². The molecular formula is C21H24FNO4. The van der Waals surface area contributed by atoms with Gasteiger partial charge in [-0.05, 0) is 42.3 Å². The highest BCUT2D eigenvalue weighted by atomic mass is 19.1. The summed E-state index contributed by atoms with van der Waals surface area (Å²) in [6, 6.07) is 12.0. The van der Waals surface area contributed by atoms with E-state index >= 15 is 0 Å². The van der Waals surface area contributed by atoms with Gasteiger partial charge in [0.05, 0.1) is 19.6 Å². The first-order valence-electron chi connectivity index (χ1n) is 9.02. The van der Waals surface area contributed by atoms with Crippen molar-refractivity contribution in [2.45, 2.75) is 19.4 Å². The number of likely N-dealkylation sites (tertiary alicyclic amines) is 1. The summed E-state index contributed by atoms with van der Waals surface area (Å²) >= 11 is 0. The van der Waals surface area contributed by atoms with E-state index in [2.05, 4.69) is 4.90 Å². The molecule has 2 aromatic carbocycles. The molecule has 0 bridgehead atoms. The van der Waals surface area contributed by atoms with Crippen molar-refractivity contribution in [2.75, 3.05) is 26.8 Å². The fraction of sp³-hybridized carbons (Fsp3) is 0.381. The monoisotopic (exact) mass is 373 g/mol. The number of methoxy groups -OCH3 is 1. The van der Waals surface area contributed by atoms with Gasteiger partial charge >= 0.3 is 5.97 Å². The largest absolute Gasteiger partial charge is 0.493 e. The zero-order valence-electron chi connectivity index (χ0n) is 15.5. The quantitative estimate of drug-likeness (QED) is 0.805. The van der Waals surface area contributed by atoms with E-state index in [1.54, 1.807) is 19.2 Å². The zero-order valence-corrected chi connectivity index (χ0v) is 15.5. The Morgan fingerprint density at radius 3 is 2.70 bits per heavy atom. The van der Waals surface area contributed by atoms with Crippen molar-refractivity contribution >= 4 is 5.97 Å². The van der Waals surface area contributed by atoms with Crippen molar-refractivity contribution in [3.8, 4) is 11.5 Å². The van der Waals surface area contributed by atoms with Crippen LogP contribution in [0.5, 0.6) is 11.5 Å². The fourth-order valence-electron chi connectivity index (χ4n) is 3.68. The molecule has 0 aromatic heterocycles. The van der Waals surface area contributed by atoms with Gasteiger partial charge in [0.2, 0.25) is 0 Å². The predicted octanol–water partition coefficient (Wildman–Crippen LogP) is 3.53. The van der Waals surface area contributed by atoms with Crippen LogP contribution >= 0.6 is 0 Å². The molecule has 1 aliphatic heterocycles. The second kappa shape index (κ2) is 8.39. The molecule has 0 saturated carbocycles. The van der Waals surface area contributed by atoms with E-state index < -0.39 is 11.9 Å². The van der Waals surface area contributed by atoms with Crippen LogP contribution in [-0.4, -0.2) is 42.8 Å². The number of hydrogen-bond acceptors (Lipinski definition) is 4. The predicted molar refractivity (Wildman–Crippen MR) is 99.7 cm³/mol. The number of carboxylic acid groups (broad SMARTS) is 1. The molecule has 1 heterocycles. The number of rotatable bonds is 7. The summed E-state index contributed by atoms with van der Waals surface area (Å²) < 4.78 is 24.5. The minimum absolute atomic E-state index is 0.234. The molecule has 0 spiro atoms. The molecule has 2 atom stereocenters. The summed E-state index contributed by atoms with van der Waals surface area (Å²) in [5, 5.41) is 9.62. The molecular weight excluding hydrogens is 349 g/mol. The van der Waals surface area contributed by atoms with Crippen LogP contribution in [0.1, 0.15) is 24.0 Å². The third kappa shape index (κ3) is 4.39. The minimum Gasteiger partial charge on any atom is -0.493 e. The van der Waals surface area contributed by atoms with Gasteiger partial charge in [0.1, 0.15) is 5.82 Å². The lowest BCUT2D eigenvalue weighted by Crippen LogP contribution is -2.23. The van der Waals surface area contributed by atoms with Crippen molar-refractivity contribution in [3.63, 3.8) is 0 Å². The Hall–Kier alpha value is -2.60. The smallest absolute Gasteiger partial charge is 0.308 e. The Balaban J connectivity index is 1.77. The summed E-state index contributed by atoms with van der Waals surface area (Å²) in [5.41, 5.74) is 1.74. The van der Waals surface area contributed by atoms with Crippen LogP contribution < -0.4 is 9.47 Å². The highest BCUT2D eigenvalue weighted by molar-refractivity contribution is 5.72. The molecule has 27 heavy (non-hydrogen) atoms. The van der Waals surface area contributed by atoms with Gasteiger partial charge in [0.25, 0.3) is 0 Å². The van der Waals surface area contributed by atoms with Crippen LogP contribution in [0, 0.1) is 11.7 Å². The molecule has 1 saturated heterocycles. The summed E-state index contributed by atoms with van der Waals surface area (Å²) in [6.07, 6.45) is 0. The standard InChI is InChI=1S/C21H24FNO4/c1-3-27-19-8-7-14(9-20(19)26-2)11-23-12-17(18(13-23)21(24)25)15-5-4-6-16(22)10-15/h4-10,17-18H,3,11-13H2,1-2H3,(H,24,25). The number of hydrogen-bond donors (Lipinski definition) is 1. The topological polar surface area (TPSA) is 59.0 Å². The van der Waals surface area contributed by atoms with Crippen LogP contribution in [0.2, 0.25) is 0 Å². The first-order chi connectivity index (χ1) is 13.0. The number of benzene rings is 2. The Morgan fingerprint density at radius 1 is 1.22 bits per heavy atom. The molecule has 6 heteroatoms. The highest BCUT2D eigenvalue weighted by Gasteiger charge is 2.38. The van der Waals surface area contributed by atoms with Crippen molar-refractivity contribution in [2.24, 2.45) is 5.92 Å². The molecule has 1 N–H and O–H groups in total. The van der Waals surface area contributed by atoms with E-state index in [4.69, 9.17) is 9.47 Å². The SMILES string of the molecule is CCOc1ccc(CN2CC(C(=O)O)C(c3cccc(F)c3)C2)cc1OC. The van der Waals surface area contributed by atoms with Crippen molar-refractivity contribution in [1.82, 2.24) is 4.90 Å². The Bertz CT molecular complexity index is 811. The molecule has 1 fully saturated rings. The van der Waals surface area contributed by atoms with E-state index in [-0.39, 0.29) is 11.7 Å². The molecule has 144 valence electrons. The maximum atomic E-state index is 13.6. The van der Waals surface area contributed by atoms with Crippen LogP contribution in [0.4, 0.5) is 4.39 Å². The molecule has 2 unspecified atom stereocenters. The molecule has 0 amide bonds. The summed E-state index contributed by atoms with van der Waals surface area (Å²) in [4.78, 5) is 13.8. The Morgan fingerprint density at radius 2 is 2.04 bits per heavy atom. The van der Waals surface area contributed by atoms with Gasteiger partial charge < -0.3 is 14.6 Å². The third-order valence-electron chi connectivity index (χ3n) is 4.92. The number of ether oxygens (including phenoxy) is 2. The first-order valence-corrected chi connectivity index (χ1v) is 9.02. The van der Waals surface area contributed by atoms with E-state index in [0.29, 0.717) is 37.7 Å². The molecule has 0 radical (unpaired) electrons. The van der Waals surface area contributed by atoms with Gasteiger partial charge in [0, 0.05) is 25.6 Å². The maximum absolute atomic E-state index is 13.6. The van der Waals surface area contributed by atoms with E-state index in [1.807, 2.05) is 25.1 Å². The molecule has 1 aliphatic rings. The normalized spacial score (nSPS) is 19.8. The zero-order chi connectivity index (χ0) is 19.4. The number of carboxylic acids is 1. The summed E-state index contributed by atoms with van der Waals surface area (Å²) in [5.74, 6) is -0.641. The number of halogens is 1. The molecule has 5 nitrogen and oxygen atoms in total. The van der Waals surface area contributed by atoms with E-state index in [1.165, 1.54) is 12.1 Å². The Labute approximate surface area is 158 Å². The number of nitrogens with zero attached hydrogens (tertiary/aromatic N) is 1. The molecule has 0 aliphatic carbocycles. The van der Waals surface area contributed by atoms with E-state index in [9.17, 15) is 14.3 Å². The number of aliphatic carboxylic acids is 1. The summed E-state index contributed by atoms with van der Waals surface area (Å²) in [6.45, 7) is 4.05. The van der Waals surface area contributed by atoms with Crippen LogP contribution in [0.25, 0.3) is 0 Å². The van der Waals surface area contributed by atoms with Crippen LogP contribution in [0.3, 0.4) is 0 Å². The second-order valence-electron chi connectivity index (χ2n) is 6.72. The maximum Gasteiger partial charge on any atom is 0.308 e. The second-order valence-corrected chi connectivity index (χ2v) is 6.72. The van der Waals surface area contributed by atoms with Gasteiger partial charge in [-0.25, -0.2) is 4.39 Å². The lowest BCUT2D eigenvalue weighted by Gasteiger charge is -2.17. The highest BCUT2D eigenvalue weighted by Crippen LogP contribution is 2.35. The minimum atomic E-state index is -0.851. The van der Waals surface area contributed by atoms with E-state index in [0.717, 1.165) is 11.1 Å².